The molecule has 5 rings (SSSR count). The summed E-state index contributed by atoms with van der Waals surface area (Å²) >= 11 is 6.83. The fourth-order valence-electron chi connectivity index (χ4n) is 6.55. The number of pyridine rings is 1. The van der Waals surface area contributed by atoms with E-state index in [0.717, 1.165) is 62.0 Å². The molecule has 0 amide bonds. The Kier molecular flexibility index (Phi) is 10.9. The van der Waals surface area contributed by atoms with E-state index in [1.54, 1.807) is 6.20 Å². The zero-order chi connectivity index (χ0) is 30.9. The standard InChI is InChI=1S/C40H44ClN3/c1-4-34-25-40(41)38(24-36(34)17-16-32-22-33(26-42)28-43-27-32)19-18-35-13-9-15-39(30(35)3)37-14-8-12-31(23-37)11-7-10-29(2)44-20-5-6-21-44/h8-9,12-15,22-25,27-28H,2,4-7,10-11,16-21H2,1,3H3. The van der Waals surface area contributed by atoms with Crippen molar-refractivity contribution < 1.29 is 0 Å². The summed E-state index contributed by atoms with van der Waals surface area (Å²) in [6.07, 6.45) is 13.9. The van der Waals surface area contributed by atoms with Crippen molar-refractivity contribution in [3.8, 4) is 17.2 Å². The second-order valence-corrected chi connectivity index (χ2v) is 12.6. The average molecular weight is 602 g/mol. The van der Waals surface area contributed by atoms with E-state index >= 15 is 0 Å². The van der Waals surface area contributed by atoms with Crippen molar-refractivity contribution in [3.63, 3.8) is 0 Å². The molecule has 0 radical (unpaired) electrons. The highest BCUT2D eigenvalue weighted by Gasteiger charge is 2.14. The number of allylic oxidation sites excluding steroid dienone is 1. The largest absolute Gasteiger partial charge is 0.375 e. The minimum Gasteiger partial charge on any atom is -0.375 e. The van der Waals surface area contributed by atoms with Crippen molar-refractivity contribution in [2.75, 3.05) is 13.1 Å². The van der Waals surface area contributed by atoms with Crippen LogP contribution in [0, 0.1) is 18.3 Å². The molecule has 0 aliphatic carbocycles. The van der Waals surface area contributed by atoms with Crippen LogP contribution in [0.3, 0.4) is 0 Å². The molecule has 3 nitrogen and oxygen atoms in total. The van der Waals surface area contributed by atoms with E-state index in [2.05, 4.69) is 91.0 Å². The molecule has 1 aliphatic heterocycles. The summed E-state index contributed by atoms with van der Waals surface area (Å²) in [6, 6.07) is 24.4. The van der Waals surface area contributed by atoms with Crippen LogP contribution in [0.5, 0.6) is 0 Å². The molecule has 1 aliphatic rings. The molecule has 0 unspecified atom stereocenters. The Morgan fingerprint density at radius 3 is 2.43 bits per heavy atom. The van der Waals surface area contributed by atoms with Crippen LogP contribution in [-0.2, 0) is 38.5 Å². The molecule has 0 bridgehead atoms. The molecule has 0 atom stereocenters. The number of hydrogen-bond donors (Lipinski definition) is 0. The van der Waals surface area contributed by atoms with E-state index in [-0.39, 0.29) is 0 Å². The predicted octanol–water partition coefficient (Wildman–Crippen LogP) is 9.65. The van der Waals surface area contributed by atoms with E-state index in [1.807, 2.05) is 12.3 Å². The Morgan fingerprint density at radius 1 is 0.864 bits per heavy atom. The second kappa shape index (κ2) is 15.2. The molecule has 3 aromatic carbocycles. The van der Waals surface area contributed by atoms with Gasteiger partial charge in [0.2, 0.25) is 0 Å². The molecule has 2 heterocycles. The number of halogens is 1. The van der Waals surface area contributed by atoms with Crippen LogP contribution >= 0.6 is 11.6 Å². The van der Waals surface area contributed by atoms with Crippen LogP contribution < -0.4 is 0 Å². The van der Waals surface area contributed by atoms with Gasteiger partial charge in [-0.3, -0.25) is 4.98 Å². The van der Waals surface area contributed by atoms with Gasteiger partial charge in [-0.1, -0.05) is 73.6 Å². The van der Waals surface area contributed by atoms with E-state index in [4.69, 9.17) is 11.6 Å². The lowest BCUT2D eigenvalue weighted by Crippen LogP contribution is -2.17. The lowest BCUT2D eigenvalue weighted by atomic mass is 9.91. The molecule has 1 fully saturated rings. The molecular weight excluding hydrogens is 558 g/mol. The smallest absolute Gasteiger partial charge is 0.101 e. The summed E-state index contributed by atoms with van der Waals surface area (Å²) in [7, 11) is 0. The first-order valence-corrected chi connectivity index (χ1v) is 16.6. The van der Waals surface area contributed by atoms with Gasteiger partial charge < -0.3 is 4.90 Å². The highest BCUT2D eigenvalue weighted by Crippen LogP contribution is 2.30. The van der Waals surface area contributed by atoms with Gasteiger partial charge in [0.05, 0.1) is 5.56 Å². The number of benzene rings is 3. The van der Waals surface area contributed by atoms with Crippen molar-refractivity contribution in [1.82, 2.24) is 9.88 Å². The molecule has 44 heavy (non-hydrogen) atoms. The molecule has 0 N–H and O–H groups in total. The predicted molar refractivity (Wildman–Crippen MR) is 184 cm³/mol. The Balaban J connectivity index is 1.25. The Morgan fingerprint density at radius 2 is 1.64 bits per heavy atom. The Labute approximate surface area is 269 Å². The third-order valence-electron chi connectivity index (χ3n) is 9.19. The molecule has 4 heteroatoms. The fraction of sp³-hybridized carbons (Fsp3) is 0.350. The average Bonchev–Trinajstić information content (AvgIpc) is 3.60. The minimum atomic E-state index is 0.610. The maximum atomic E-state index is 9.23. The quantitative estimate of drug-likeness (QED) is 0.153. The number of nitriles is 1. The van der Waals surface area contributed by atoms with Gasteiger partial charge in [0, 0.05) is 36.2 Å². The van der Waals surface area contributed by atoms with Gasteiger partial charge in [-0.2, -0.15) is 5.26 Å². The summed E-state index contributed by atoms with van der Waals surface area (Å²) < 4.78 is 0. The number of rotatable bonds is 13. The van der Waals surface area contributed by atoms with E-state index in [0.29, 0.717) is 5.56 Å². The Hall–Kier alpha value is -3.87. The number of nitrogens with zero attached hydrogens (tertiary/aromatic N) is 3. The molecule has 226 valence electrons. The molecule has 4 aromatic rings. The van der Waals surface area contributed by atoms with Crippen LogP contribution in [0.2, 0.25) is 5.02 Å². The van der Waals surface area contributed by atoms with E-state index in [1.165, 1.54) is 76.1 Å². The third kappa shape index (κ3) is 7.99. The first-order valence-electron chi connectivity index (χ1n) is 16.2. The van der Waals surface area contributed by atoms with Gasteiger partial charge in [0.1, 0.15) is 6.07 Å². The maximum absolute atomic E-state index is 9.23. The molecule has 0 saturated carbocycles. The van der Waals surface area contributed by atoms with Gasteiger partial charge in [-0.05, 0) is 133 Å². The number of aromatic nitrogens is 1. The van der Waals surface area contributed by atoms with Crippen LogP contribution in [0.4, 0.5) is 0 Å². The van der Waals surface area contributed by atoms with Crippen molar-refractivity contribution >= 4 is 11.6 Å². The SMILES string of the molecule is C=C(CCCc1cccc(-c2cccc(CCc3cc(CCc4cncc(C#N)c4)c(CC)cc3Cl)c2C)c1)N1CCCC1. The zero-order valence-corrected chi connectivity index (χ0v) is 27.1. The van der Waals surface area contributed by atoms with E-state index < -0.39 is 0 Å². The lowest BCUT2D eigenvalue weighted by molar-refractivity contribution is 0.407. The van der Waals surface area contributed by atoms with Crippen LogP contribution in [0.25, 0.3) is 11.1 Å². The highest BCUT2D eigenvalue weighted by molar-refractivity contribution is 6.31. The van der Waals surface area contributed by atoms with Crippen LogP contribution in [0.1, 0.15) is 77.1 Å². The topological polar surface area (TPSA) is 39.9 Å². The van der Waals surface area contributed by atoms with E-state index in [9.17, 15) is 5.26 Å². The van der Waals surface area contributed by atoms with Gasteiger partial charge >= 0.3 is 0 Å². The number of hydrogen-bond acceptors (Lipinski definition) is 3. The summed E-state index contributed by atoms with van der Waals surface area (Å²) in [5.41, 5.74) is 13.5. The first-order chi connectivity index (χ1) is 21.4. The Bertz CT molecular complexity index is 1640. The summed E-state index contributed by atoms with van der Waals surface area (Å²) in [5, 5.41) is 10.1. The minimum absolute atomic E-state index is 0.610. The molecule has 0 spiro atoms. The van der Waals surface area contributed by atoms with Crippen molar-refractivity contribution in [1.29, 1.82) is 5.26 Å². The zero-order valence-electron chi connectivity index (χ0n) is 26.3. The van der Waals surface area contributed by atoms with Gasteiger partial charge in [-0.25, -0.2) is 0 Å². The molecule has 1 aromatic heterocycles. The summed E-state index contributed by atoms with van der Waals surface area (Å²) in [4.78, 5) is 6.70. The van der Waals surface area contributed by atoms with Crippen molar-refractivity contribution in [2.24, 2.45) is 0 Å². The monoisotopic (exact) mass is 601 g/mol. The third-order valence-corrected chi connectivity index (χ3v) is 9.54. The second-order valence-electron chi connectivity index (χ2n) is 12.2. The van der Waals surface area contributed by atoms with Gasteiger partial charge in [0.15, 0.2) is 0 Å². The highest BCUT2D eigenvalue weighted by atomic mass is 35.5. The summed E-state index contributed by atoms with van der Waals surface area (Å²) in [5.74, 6) is 0. The molecule has 1 saturated heterocycles. The van der Waals surface area contributed by atoms with Crippen LogP contribution in [0.15, 0.2) is 85.3 Å². The van der Waals surface area contributed by atoms with Crippen LogP contribution in [-0.4, -0.2) is 23.0 Å². The van der Waals surface area contributed by atoms with Gasteiger partial charge in [-0.15, -0.1) is 0 Å². The van der Waals surface area contributed by atoms with Crippen molar-refractivity contribution in [3.05, 3.63) is 135 Å². The summed E-state index contributed by atoms with van der Waals surface area (Å²) in [6.45, 7) is 11.1. The fourth-order valence-corrected chi connectivity index (χ4v) is 6.83. The van der Waals surface area contributed by atoms with Crippen molar-refractivity contribution in [2.45, 2.75) is 78.1 Å². The molecular formula is C40H44ClN3. The lowest BCUT2D eigenvalue weighted by Gasteiger charge is -2.20. The maximum Gasteiger partial charge on any atom is 0.101 e. The first kappa shape index (κ1) is 31.6. The number of likely N-dealkylation sites (tertiary alicyclic amines) is 1. The van der Waals surface area contributed by atoms with Gasteiger partial charge in [0.25, 0.3) is 0 Å². The number of aryl methyl sites for hydroxylation is 6. The normalized spacial score (nSPS) is 12.8.